The topological polar surface area (TPSA) is 18.5 Å². The third-order valence-electron chi connectivity index (χ3n) is 0.455. The average Bonchev–Trinajstić information content (AvgIpc) is 1.55. The molecule has 2 nitrogen and oxygen atoms in total. The molecule has 0 saturated carbocycles. The van der Waals surface area contributed by atoms with E-state index in [0.29, 0.717) is 0 Å². The Bertz CT molecular complexity index is 140. The van der Waals surface area contributed by atoms with Crippen LogP contribution in [0.4, 0.5) is 22.0 Å². The maximum Gasteiger partial charge on any atom is 0.541 e. The fourth-order valence-corrected chi connectivity index (χ4v) is 0.256. The van der Waals surface area contributed by atoms with Gasteiger partial charge in [-0.1, -0.05) is 6.58 Å². The van der Waals surface area contributed by atoms with Gasteiger partial charge in [0.25, 0.3) is 0 Å². The lowest BCUT2D eigenvalue weighted by atomic mass is 11.1. The van der Waals surface area contributed by atoms with Gasteiger partial charge in [-0.05, 0) is 0 Å². The molecule has 0 N–H and O–H groups in total. The Morgan fingerprint density at radius 3 is 1.82 bits per heavy atom. The molecule has 0 fully saturated rings. The molecule has 0 unspecified atom stereocenters. The molecule has 0 spiro atoms. The van der Waals surface area contributed by atoms with Gasteiger partial charge in [0.05, 0.1) is 6.26 Å². The molecule has 0 rings (SSSR count). The van der Waals surface area contributed by atoms with Crippen LogP contribution in [-0.2, 0) is 9.47 Å². The molecule has 0 atom stereocenters. The van der Waals surface area contributed by atoms with E-state index < -0.39 is 12.7 Å². The second-order valence-corrected chi connectivity index (χ2v) is 1.30. The van der Waals surface area contributed by atoms with Gasteiger partial charge in [0.1, 0.15) is 0 Å². The van der Waals surface area contributed by atoms with Gasteiger partial charge < -0.3 is 4.74 Å². The minimum Gasteiger partial charge on any atom is -0.418 e. The number of hydrogen-bond acceptors (Lipinski definition) is 2. The van der Waals surface area contributed by atoms with Gasteiger partial charge in [-0.15, -0.1) is 22.0 Å². The van der Waals surface area contributed by atoms with Crippen molar-refractivity contribution in [3.63, 3.8) is 0 Å². The van der Waals surface area contributed by atoms with Crippen molar-refractivity contribution in [2.24, 2.45) is 0 Å². The monoisotopic (exact) mass is 178 g/mol. The Kier molecular flexibility index (Phi) is 2.80. The third kappa shape index (κ3) is 5.59. The molecule has 0 heterocycles. The molecule has 0 aliphatic heterocycles. The molecule has 0 amide bonds. The van der Waals surface area contributed by atoms with Crippen LogP contribution in [0, 0.1) is 0 Å². The summed E-state index contributed by atoms with van der Waals surface area (Å²) in [5, 5.41) is 0. The zero-order valence-corrected chi connectivity index (χ0v) is 4.99. The molecule has 0 saturated heterocycles. The molecule has 0 bridgehead atoms. The summed E-state index contributed by atoms with van der Waals surface area (Å²) in [4.78, 5) is 0. The highest BCUT2D eigenvalue weighted by atomic mass is 19.4. The van der Waals surface area contributed by atoms with Crippen LogP contribution in [0.25, 0.3) is 0 Å². The van der Waals surface area contributed by atoms with E-state index in [1.807, 2.05) is 0 Å². The molecule has 0 aromatic carbocycles. The van der Waals surface area contributed by atoms with E-state index in [-0.39, 0.29) is 6.26 Å². The maximum atomic E-state index is 11.7. The first kappa shape index (κ1) is 10.2. The molecule has 0 radical (unpaired) electrons. The Morgan fingerprint density at radius 1 is 1.09 bits per heavy atom. The fraction of sp³-hybridized carbons (Fsp3) is 0.500. The number of alkyl halides is 5. The molecule has 66 valence electrons. The van der Waals surface area contributed by atoms with Crippen molar-refractivity contribution in [3.8, 4) is 0 Å². The molecule has 7 heteroatoms. The van der Waals surface area contributed by atoms with Crippen molar-refractivity contribution in [1.82, 2.24) is 0 Å². The Balaban J connectivity index is 4.00. The van der Waals surface area contributed by atoms with E-state index in [1.165, 1.54) is 0 Å². The number of halogens is 5. The maximum absolute atomic E-state index is 11.7. The fourth-order valence-electron chi connectivity index (χ4n) is 0.256. The van der Waals surface area contributed by atoms with E-state index in [9.17, 15) is 22.0 Å². The summed E-state index contributed by atoms with van der Waals surface area (Å²) < 4.78 is 61.9. The molecule has 0 aliphatic carbocycles. The summed E-state index contributed by atoms with van der Waals surface area (Å²) in [5.41, 5.74) is 0. The predicted octanol–water partition coefficient (Wildman–Crippen LogP) is 2.23. The zero-order valence-electron chi connectivity index (χ0n) is 4.99. The summed E-state index contributed by atoms with van der Waals surface area (Å²) in [6.45, 7) is 2.63. The van der Waals surface area contributed by atoms with Gasteiger partial charge in [0, 0.05) is 0 Å². The SMILES string of the molecule is C=COC(F)(F)OC(F)(F)F. The van der Waals surface area contributed by atoms with Crippen LogP contribution < -0.4 is 0 Å². The molecule has 11 heavy (non-hydrogen) atoms. The van der Waals surface area contributed by atoms with E-state index >= 15 is 0 Å². The zero-order chi connectivity index (χ0) is 9.12. The normalized spacial score (nSPS) is 12.8. The molecular formula is C4H3F5O2. The lowest BCUT2D eigenvalue weighted by Crippen LogP contribution is -2.30. The van der Waals surface area contributed by atoms with E-state index in [0.717, 1.165) is 0 Å². The molecule has 0 aliphatic rings. The van der Waals surface area contributed by atoms with E-state index in [1.54, 1.807) is 0 Å². The molecule has 0 aromatic heterocycles. The Labute approximate surface area is 58.2 Å². The first-order valence-corrected chi connectivity index (χ1v) is 2.20. The van der Waals surface area contributed by atoms with E-state index in [4.69, 9.17) is 0 Å². The predicted molar refractivity (Wildman–Crippen MR) is 23.4 cm³/mol. The highest BCUT2D eigenvalue weighted by Crippen LogP contribution is 2.28. The second kappa shape index (κ2) is 3.04. The van der Waals surface area contributed by atoms with Crippen LogP contribution in [0.1, 0.15) is 0 Å². The van der Waals surface area contributed by atoms with Crippen molar-refractivity contribution in [3.05, 3.63) is 12.8 Å². The summed E-state index contributed by atoms with van der Waals surface area (Å²) in [5.74, 6) is 0. The first-order chi connectivity index (χ1) is 4.77. The van der Waals surface area contributed by atoms with E-state index in [2.05, 4.69) is 16.1 Å². The average molecular weight is 178 g/mol. The van der Waals surface area contributed by atoms with Gasteiger partial charge >= 0.3 is 12.7 Å². The van der Waals surface area contributed by atoms with Gasteiger partial charge in [0.2, 0.25) is 0 Å². The van der Waals surface area contributed by atoms with Gasteiger partial charge in [0.15, 0.2) is 0 Å². The van der Waals surface area contributed by atoms with Gasteiger partial charge in [-0.2, -0.15) is 4.74 Å². The molecular weight excluding hydrogens is 175 g/mol. The largest absolute Gasteiger partial charge is 0.541 e. The lowest BCUT2D eigenvalue weighted by molar-refractivity contribution is -0.486. The van der Waals surface area contributed by atoms with Crippen LogP contribution in [0.2, 0.25) is 0 Å². The van der Waals surface area contributed by atoms with Crippen molar-refractivity contribution in [2.75, 3.05) is 0 Å². The first-order valence-electron chi connectivity index (χ1n) is 2.20. The van der Waals surface area contributed by atoms with Crippen molar-refractivity contribution in [1.29, 1.82) is 0 Å². The van der Waals surface area contributed by atoms with Crippen LogP contribution in [0.15, 0.2) is 12.8 Å². The molecule has 0 aromatic rings. The minimum absolute atomic E-state index is 0.145. The summed E-state index contributed by atoms with van der Waals surface area (Å²) in [6, 6.07) is 0. The number of ether oxygens (including phenoxy) is 2. The number of rotatable bonds is 3. The van der Waals surface area contributed by atoms with Crippen molar-refractivity contribution < 1.29 is 31.4 Å². The minimum atomic E-state index is -5.44. The Morgan fingerprint density at radius 2 is 1.55 bits per heavy atom. The van der Waals surface area contributed by atoms with Crippen LogP contribution in [0.3, 0.4) is 0 Å². The highest BCUT2D eigenvalue weighted by Gasteiger charge is 2.46. The number of hydrogen-bond donors (Lipinski definition) is 0. The second-order valence-electron chi connectivity index (χ2n) is 1.30. The summed E-state index contributed by atoms with van der Waals surface area (Å²) in [7, 11) is 0. The van der Waals surface area contributed by atoms with Gasteiger partial charge in [-0.25, -0.2) is 0 Å². The highest BCUT2D eigenvalue weighted by molar-refractivity contribution is 4.51. The Hall–Kier alpha value is -0.850. The quantitative estimate of drug-likeness (QED) is 0.374. The third-order valence-corrected chi connectivity index (χ3v) is 0.455. The smallest absolute Gasteiger partial charge is 0.418 e. The van der Waals surface area contributed by atoms with Crippen molar-refractivity contribution >= 4 is 0 Å². The van der Waals surface area contributed by atoms with Crippen LogP contribution >= 0.6 is 0 Å². The summed E-state index contributed by atoms with van der Waals surface area (Å²) >= 11 is 0. The lowest BCUT2D eigenvalue weighted by Gasteiger charge is -2.15. The van der Waals surface area contributed by atoms with Gasteiger partial charge in [-0.3, -0.25) is 0 Å². The summed E-state index contributed by atoms with van der Waals surface area (Å²) in [6.07, 6.45) is -10.0. The van der Waals surface area contributed by atoms with Crippen LogP contribution in [-0.4, -0.2) is 12.7 Å². The van der Waals surface area contributed by atoms with Crippen LogP contribution in [0.5, 0.6) is 0 Å². The van der Waals surface area contributed by atoms with Crippen molar-refractivity contribution in [2.45, 2.75) is 12.7 Å². The standard InChI is InChI=1S/C4H3F5O2/c1-2-10-4(8,9)11-3(5,6)7/h2H,1H2.